The largest absolute Gasteiger partial charge is 0.380 e. The summed E-state index contributed by atoms with van der Waals surface area (Å²) in [5.41, 5.74) is 2.29. The van der Waals surface area contributed by atoms with Crippen LogP contribution in [0.15, 0.2) is 51.8 Å². The second kappa shape index (κ2) is 6.60. The molecule has 0 amide bonds. The Labute approximate surface area is 133 Å². The number of sulfonamides is 1. The molecule has 1 N–H and O–H groups in total. The van der Waals surface area contributed by atoms with Crippen molar-refractivity contribution in [3.05, 3.63) is 58.1 Å². The first-order valence-corrected chi connectivity index (χ1v) is 8.57. The van der Waals surface area contributed by atoms with Gasteiger partial charge >= 0.3 is 0 Å². The van der Waals surface area contributed by atoms with Crippen molar-refractivity contribution in [2.45, 2.75) is 18.4 Å². The van der Waals surface area contributed by atoms with E-state index < -0.39 is 10.0 Å². The first kappa shape index (κ1) is 16.0. The highest BCUT2D eigenvalue weighted by atomic mass is 79.9. The van der Waals surface area contributed by atoms with Crippen molar-refractivity contribution < 1.29 is 13.2 Å². The van der Waals surface area contributed by atoms with Gasteiger partial charge in [0.2, 0.25) is 0 Å². The molecule has 0 aliphatic heterocycles. The van der Waals surface area contributed by atoms with E-state index in [2.05, 4.69) is 20.7 Å². The minimum atomic E-state index is -3.61. The number of hydrogen-bond donors (Lipinski definition) is 1. The lowest BCUT2D eigenvalue weighted by Gasteiger charge is -2.13. The summed E-state index contributed by atoms with van der Waals surface area (Å²) in [6.45, 7) is 2.24. The zero-order valence-electron chi connectivity index (χ0n) is 11.8. The van der Waals surface area contributed by atoms with Crippen LogP contribution in [0.2, 0.25) is 0 Å². The standard InChI is InChI=1S/C15H16BrNO3S/c1-11-3-7-14(8-4-11)21(18,19)17-15-9-13(16)6-5-12(15)10-20-2/h3-9,17H,10H2,1-2H3. The maximum Gasteiger partial charge on any atom is 0.261 e. The van der Waals surface area contributed by atoms with E-state index in [1.807, 2.05) is 19.1 Å². The zero-order valence-corrected chi connectivity index (χ0v) is 14.2. The summed E-state index contributed by atoms with van der Waals surface area (Å²) in [5.74, 6) is 0. The van der Waals surface area contributed by atoms with Crippen molar-refractivity contribution in [3.8, 4) is 0 Å². The third-order valence-corrected chi connectivity index (χ3v) is 4.82. The summed E-state index contributed by atoms with van der Waals surface area (Å²) in [6.07, 6.45) is 0. The average molecular weight is 370 g/mol. The number of halogens is 1. The van der Waals surface area contributed by atoms with Gasteiger partial charge in [-0.15, -0.1) is 0 Å². The fraction of sp³-hybridized carbons (Fsp3) is 0.200. The predicted octanol–water partition coefficient (Wildman–Crippen LogP) is 3.70. The van der Waals surface area contributed by atoms with E-state index in [9.17, 15) is 8.42 Å². The van der Waals surface area contributed by atoms with Gasteiger partial charge in [0, 0.05) is 17.1 Å². The maximum absolute atomic E-state index is 12.4. The minimum absolute atomic E-state index is 0.233. The lowest BCUT2D eigenvalue weighted by atomic mass is 10.2. The molecular formula is C15H16BrNO3S. The quantitative estimate of drug-likeness (QED) is 0.873. The molecule has 0 spiro atoms. The fourth-order valence-corrected chi connectivity index (χ4v) is 3.30. The lowest BCUT2D eigenvalue weighted by Crippen LogP contribution is -2.14. The van der Waals surface area contributed by atoms with E-state index in [0.717, 1.165) is 15.6 Å². The second-order valence-electron chi connectivity index (χ2n) is 4.65. The van der Waals surface area contributed by atoms with Crippen molar-refractivity contribution in [3.63, 3.8) is 0 Å². The SMILES string of the molecule is COCc1ccc(Br)cc1NS(=O)(=O)c1ccc(C)cc1. The summed E-state index contributed by atoms with van der Waals surface area (Å²) in [6, 6.07) is 12.1. The predicted molar refractivity (Wildman–Crippen MR) is 86.8 cm³/mol. The van der Waals surface area contributed by atoms with E-state index in [1.54, 1.807) is 37.4 Å². The molecule has 4 nitrogen and oxygen atoms in total. The molecule has 0 saturated heterocycles. The van der Waals surface area contributed by atoms with Crippen LogP contribution in [0.3, 0.4) is 0 Å². The zero-order chi connectivity index (χ0) is 15.5. The molecule has 2 rings (SSSR count). The highest BCUT2D eigenvalue weighted by Crippen LogP contribution is 2.25. The van der Waals surface area contributed by atoms with Gasteiger partial charge in [-0.2, -0.15) is 0 Å². The summed E-state index contributed by atoms with van der Waals surface area (Å²) < 4.78 is 33.3. The molecule has 2 aromatic rings. The van der Waals surface area contributed by atoms with Crippen LogP contribution in [0.25, 0.3) is 0 Å². The highest BCUT2D eigenvalue weighted by Gasteiger charge is 2.16. The van der Waals surface area contributed by atoms with Crippen LogP contribution >= 0.6 is 15.9 Å². The van der Waals surface area contributed by atoms with Crippen molar-refractivity contribution in [1.29, 1.82) is 0 Å². The molecule has 0 saturated carbocycles. The number of nitrogens with one attached hydrogen (secondary N) is 1. The van der Waals surface area contributed by atoms with E-state index >= 15 is 0 Å². The minimum Gasteiger partial charge on any atom is -0.380 e. The summed E-state index contributed by atoms with van der Waals surface area (Å²) in [4.78, 5) is 0.233. The van der Waals surface area contributed by atoms with Gasteiger partial charge in [0.1, 0.15) is 0 Å². The Balaban J connectivity index is 2.36. The lowest BCUT2D eigenvalue weighted by molar-refractivity contribution is 0.185. The average Bonchev–Trinajstić information content (AvgIpc) is 2.42. The van der Waals surface area contributed by atoms with Crippen molar-refractivity contribution in [2.75, 3.05) is 11.8 Å². The number of ether oxygens (including phenoxy) is 1. The molecule has 0 radical (unpaired) electrons. The third kappa shape index (κ3) is 4.06. The van der Waals surface area contributed by atoms with Gasteiger partial charge in [-0.1, -0.05) is 39.7 Å². The molecule has 0 atom stereocenters. The van der Waals surface area contributed by atoms with Crippen LogP contribution < -0.4 is 4.72 Å². The topological polar surface area (TPSA) is 55.4 Å². The summed E-state index contributed by atoms with van der Waals surface area (Å²) in [7, 11) is -2.04. The molecule has 6 heteroatoms. The van der Waals surface area contributed by atoms with Crippen molar-refractivity contribution in [2.24, 2.45) is 0 Å². The fourth-order valence-electron chi connectivity index (χ4n) is 1.85. The first-order chi connectivity index (χ1) is 9.92. The molecule has 2 aromatic carbocycles. The van der Waals surface area contributed by atoms with E-state index in [-0.39, 0.29) is 4.90 Å². The van der Waals surface area contributed by atoms with Crippen LogP contribution in [0.5, 0.6) is 0 Å². The molecule has 0 aromatic heterocycles. The second-order valence-corrected chi connectivity index (χ2v) is 7.25. The summed E-state index contributed by atoms with van der Waals surface area (Å²) >= 11 is 3.35. The van der Waals surface area contributed by atoms with E-state index in [1.165, 1.54) is 0 Å². The molecule has 0 fully saturated rings. The van der Waals surface area contributed by atoms with Gasteiger partial charge in [-0.25, -0.2) is 8.42 Å². The van der Waals surface area contributed by atoms with Gasteiger partial charge in [-0.3, -0.25) is 4.72 Å². The Hall–Kier alpha value is -1.37. The number of methoxy groups -OCH3 is 1. The Kier molecular flexibility index (Phi) is 5.03. The first-order valence-electron chi connectivity index (χ1n) is 6.29. The van der Waals surface area contributed by atoms with Crippen molar-refractivity contribution >= 4 is 31.6 Å². The van der Waals surface area contributed by atoms with Crippen LogP contribution in [-0.4, -0.2) is 15.5 Å². The number of benzene rings is 2. The molecule has 0 heterocycles. The molecule has 0 unspecified atom stereocenters. The Morgan fingerprint density at radius 2 is 1.81 bits per heavy atom. The normalized spacial score (nSPS) is 11.4. The molecule has 0 bridgehead atoms. The van der Waals surface area contributed by atoms with Gasteiger partial charge < -0.3 is 4.74 Å². The van der Waals surface area contributed by atoms with Gasteiger partial charge in [0.05, 0.1) is 17.2 Å². The molecular weight excluding hydrogens is 354 g/mol. The smallest absolute Gasteiger partial charge is 0.261 e. The summed E-state index contributed by atoms with van der Waals surface area (Å²) in [5, 5.41) is 0. The van der Waals surface area contributed by atoms with Crippen LogP contribution in [0, 0.1) is 6.92 Å². The van der Waals surface area contributed by atoms with E-state index in [4.69, 9.17) is 4.74 Å². The monoisotopic (exact) mass is 369 g/mol. The van der Waals surface area contributed by atoms with Gasteiger partial charge in [-0.05, 0) is 31.2 Å². The highest BCUT2D eigenvalue weighted by molar-refractivity contribution is 9.10. The Morgan fingerprint density at radius 1 is 1.14 bits per heavy atom. The Morgan fingerprint density at radius 3 is 2.43 bits per heavy atom. The van der Waals surface area contributed by atoms with Gasteiger partial charge in [0.15, 0.2) is 0 Å². The molecule has 21 heavy (non-hydrogen) atoms. The Bertz CT molecular complexity index is 727. The number of hydrogen-bond acceptors (Lipinski definition) is 3. The van der Waals surface area contributed by atoms with Gasteiger partial charge in [0.25, 0.3) is 10.0 Å². The molecule has 0 aliphatic rings. The van der Waals surface area contributed by atoms with Crippen LogP contribution in [0.1, 0.15) is 11.1 Å². The van der Waals surface area contributed by atoms with E-state index in [0.29, 0.717) is 12.3 Å². The van der Waals surface area contributed by atoms with Crippen molar-refractivity contribution in [1.82, 2.24) is 0 Å². The number of aryl methyl sites for hydroxylation is 1. The number of anilines is 1. The van der Waals surface area contributed by atoms with Crippen LogP contribution in [0.4, 0.5) is 5.69 Å². The third-order valence-electron chi connectivity index (χ3n) is 2.95. The maximum atomic E-state index is 12.4. The van der Waals surface area contributed by atoms with Crippen LogP contribution in [-0.2, 0) is 21.4 Å². The molecule has 0 aliphatic carbocycles. The number of rotatable bonds is 5. The molecule has 112 valence electrons.